The molecule has 0 fully saturated rings. The molecule has 0 radical (unpaired) electrons. The molecule has 0 saturated heterocycles. The minimum atomic E-state index is -0.443. The number of carbonyl (C=O) groups is 1. The summed E-state index contributed by atoms with van der Waals surface area (Å²) < 4.78 is 5.43. The number of aliphatic hydroxyl groups excluding tert-OH is 1. The van der Waals surface area contributed by atoms with Gasteiger partial charge in [-0.25, -0.2) is 0 Å². The highest BCUT2D eigenvalue weighted by atomic mass is 16.5. The van der Waals surface area contributed by atoms with Crippen LogP contribution in [0.2, 0.25) is 0 Å². The summed E-state index contributed by atoms with van der Waals surface area (Å²) in [5.74, 6) is 0.447. The summed E-state index contributed by atoms with van der Waals surface area (Å²) in [4.78, 5) is 10.9. The van der Waals surface area contributed by atoms with Crippen LogP contribution in [0.1, 0.15) is 12.0 Å². The molecule has 0 atom stereocenters. The Kier molecular flexibility index (Phi) is 5.08. The van der Waals surface area contributed by atoms with E-state index < -0.39 is 6.61 Å². The Morgan fingerprint density at radius 1 is 1.05 bits per heavy atom. The van der Waals surface area contributed by atoms with Crippen LogP contribution in [0.3, 0.4) is 0 Å². The van der Waals surface area contributed by atoms with Crippen molar-refractivity contribution in [2.24, 2.45) is 0 Å². The number of hydrogen-bond donors (Lipinski definition) is 1. The lowest BCUT2D eigenvalue weighted by Gasteiger charge is -2.07. The molecule has 0 amide bonds. The maximum Gasteiger partial charge on any atom is 0.161 e. The number of nitriles is 1. The largest absolute Gasteiger partial charge is 0.493 e. The highest BCUT2D eigenvalue weighted by molar-refractivity contribution is 5.79. The fraction of sp³-hybridized carbons (Fsp3) is 0.176. The normalized spacial score (nSPS) is 9.90. The van der Waals surface area contributed by atoms with Crippen molar-refractivity contribution in [2.45, 2.75) is 6.42 Å². The fourth-order valence-electron chi connectivity index (χ4n) is 1.84. The molecule has 0 aromatic heterocycles. The molecule has 0 aliphatic heterocycles. The van der Waals surface area contributed by atoms with E-state index in [1.165, 1.54) is 0 Å². The maximum atomic E-state index is 10.9. The standard InChI is InChI=1S/C17H15NO3/c18-11-13-1-3-14(4-2-13)15-5-7-17(8-6-15)21-10-9-16(20)12-19/h1-8,19H,9-10,12H2. The molecule has 1 N–H and O–H groups in total. The van der Waals surface area contributed by atoms with E-state index in [9.17, 15) is 4.79 Å². The molecule has 2 aromatic rings. The van der Waals surface area contributed by atoms with Crippen molar-refractivity contribution in [3.8, 4) is 22.9 Å². The number of nitrogens with zero attached hydrogens (tertiary/aromatic N) is 1. The van der Waals surface area contributed by atoms with E-state index in [2.05, 4.69) is 6.07 Å². The van der Waals surface area contributed by atoms with E-state index in [0.29, 0.717) is 11.3 Å². The molecule has 4 heteroatoms. The molecule has 2 rings (SSSR count). The lowest BCUT2D eigenvalue weighted by Crippen LogP contribution is -2.09. The van der Waals surface area contributed by atoms with Gasteiger partial charge in [0, 0.05) is 6.42 Å². The van der Waals surface area contributed by atoms with Gasteiger partial charge < -0.3 is 9.84 Å². The monoisotopic (exact) mass is 281 g/mol. The molecule has 106 valence electrons. The van der Waals surface area contributed by atoms with Gasteiger partial charge in [-0.1, -0.05) is 24.3 Å². The molecule has 0 saturated carbocycles. The highest BCUT2D eigenvalue weighted by Crippen LogP contribution is 2.22. The van der Waals surface area contributed by atoms with Gasteiger partial charge >= 0.3 is 0 Å². The minimum Gasteiger partial charge on any atom is -0.493 e. The van der Waals surface area contributed by atoms with Gasteiger partial charge in [-0.3, -0.25) is 4.79 Å². The Morgan fingerprint density at radius 3 is 2.14 bits per heavy atom. The van der Waals surface area contributed by atoms with Gasteiger partial charge in [0.2, 0.25) is 0 Å². The fourth-order valence-corrected chi connectivity index (χ4v) is 1.84. The predicted molar refractivity (Wildman–Crippen MR) is 78.8 cm³/mol. The van der Waals surface area contributed by atoms with E-state index in [4.69, 9.17) is 15.1 Å². The summed E-state index contributed by atoms with van der Waals surface area (Å²) in [7, 11) is 0. The Balaban J connectivity index is 1.98. The van der Waals surface area contributed by atoms with Crippen LogP contribution >= 0.6 is 0 Å². The van der Waals surface area contributed by atoms with E-state index in [1.807, 2.05) is 36.4 Å². The second kappa shape index (κ2) is 7.22. The second-order valence-electron chi connectivity index (χ2n) is 4.51. The van der Waals surface area contributed by atoms with Crippen molar-refractivity contribution in [3.63, 3.8) is 0 Å². The predicted octanol–water partition coefficient (Wildman–Crippen LogP) is 2.56. The van der Waals surface area contributed by atoms with Crippen LogP contribution < -0.4 is 4.74 Å². The molecule has 0 unspecified atom stereocenters. The smallest absolute Gasteiger partial charge is 0.161 e. The number of rotatable bonds is 6. The van der Waals surface area contributed by atoms with Gasteiger partial charge in [-0.05, 0) is 35.4 Å². The molecule has 0 aliphatic rings. The van der Waals surface area contributed by atoms with E-state index in [1.54, 1.807) is 12.1 Å². The zero-order valence-corrected chi connectivity index (χ0v) is 11.5. The van der Waals surface area contributed by atoms with Crippen LogP contribution in [-0.4, -0.2) is 24.1 Å². The molecule has 2 aromatic carbocycles. The quantitative estimate of drug-likeness (QED) is 0.883. The van der Waals surface area contributed by atoms with Crippen molar-refractivity contribution in [1.82, 2.24) is 0 Å². The number of aliphatic hydroxyl groups is 1. The molecule has 0 heterocycles. The Morgan fingerprint density at radius 2 is 1.62 bits per heavy atom. The number of ketones is 1. The third-order valence-corrected chi connectivity index (χ3v) is 3.03. The number of hydrogen-bond acceptors (Lipinski definition) is 4. The zero-order valence-electron chi connectivity index (χ0n) is 11.5. The summed E-state index contributed by atoms with van der Waals surface area (Å²) in [6.07, 6.45) is 0.202. The summed E-state index contributed by atoms with van der Waals surface area (Å²) >= 11 is 0. The topological polar surface area (TPSA) is 70.3 Å². The van der Waals surface area contributed by atoms with Crippen molar-refractivity contribution < 1.29 is 14.6 Å². The van der Waals surface area contributed by atoms with Crippen LogP contribution in [0.25, 0.3) is 11.1 Å². The van der Waals surface area contributed by atoms with E-state index in [0.717, 1.165) is 11.1 Å². The highest BCUT2D eigenvalue weighted by Gasteiger charge is 2.02. The van der Waals surface area contributed by atoms with Gasteiger partial charge in [0.15, 0.2) is 5.78 Å². The van der Waals surface area contributed by atoms with Crippen LogP contribution in [0.5, 0.6) is 5.75 Å². The SMILES string of the molecule is N#Cc1ccc(-c2ccc(OCCC(=O)CO)cc2)cc1. The first kappa shape index (κ1) is 14.8. The summed E-state index contributed by atoms with van der Waals surface area (Å²) in [5, 5.41) is 17.4. The van der Waals surface area contributed by atoms with Crippen molar-refractivity contribution >= 4 is 5.78 Å². The van der Waals surface area contributed by atoms with Crippen molar-refractivity contribution in [3.05, 3.63) is 54.1 Å². The van der Waals surface area contributed by atoms with Gasteiger partial charge in [0.1, 0.15) is 12.4 Å². The Bertz CT molecular complexity index is 639. The van der Waals surface area contributed by atoms with Crippen molar-refractivity contribution in [1.29, 1.82) is 5.26 Å². The minimum absolute atomic E-state index is 0.202. The number of ether oxygens (including phenoxy) is 1. The molecular formula is C17H15NO3. The van der Waals surface area contributed by atoms with E-state index in [-0.39, 0.29) is 18.8 Å². The van der Waals surface area contributed by atoms with Gasteiger partial charge in [-0.2, -0.15) is 5.26 Å². The zero-order chi connectivity index (χ0) is 15.1. The average Bonchev–Trinajstić information content (AvgIpc) is 2.55. The van der Waals surface area contributed by atoms with Gasteiger partial charge in [-0.15, -0.1) is 0 Å². The Hall–Kier alpha value is -2.64. The van der Waals surface area contributed by atoms with Crippen LogP contribution in [0.15, 0.2) is 48.5 Å². The molecular weight excluding hydrogens is 266 g/mol. The van der Waals surface area contributed by atoms with Gasteiger partial charge in [0.25, 0.3) is 0 Å². The van der Waals surface area contributed by atoms with Crippen LogP contribution in [0.4, 0.5) is 0 Å². The number of Topliss-reactive ketones (excluding diaryl/α,β-unsaturated/α-hetero) is 1. The number of carbonyl (C=O) groups excluding carboxylic acids is 1. The van der Waals surface area contributed by atoms with Crippen LogP contribution in [0, 0.1) is 11.3 Å². The third-order valence-electron chi connectivity index (χ3n) is 3.03. The molecule has 0 aliphatic carbocycles. The summed E-state index contributed by atoms with van der Waals surface area (Å²) in [6.45, 7) is -0.184. The lowest BCUT2D eigenvalue weighted by atomic mass is 10.0. The second-order valence-corrected chi connectivity index (χ2v) is 4.51. The molecule has 4 nitrogen and oxygen atoms in total. The molecule has 0 bridgehead atoms. The lowest BCUT2D eigenvalue weighted by molar-refractivity contribution is -0.122. The van der Waals surface area contributed by atoms with E-state index >= 15 is 0 Å². The first-order chi connectivity index (χ1) is 10.2. The average molecular weight is 281 g/mol. The first-order valence-corrected chi connectivity index (χ1v) is 6.59. The molecule has 0 spiro atoms. The van der Waals surface area contributed by atoms with Crippen molar-refractivity contribution in [2.75, 3.05) is 13.2 Å². The third kappa shape index (κ3) is 4.16. The van der Waals surface area contributed by atoms with Gasteiger partial charge in [0.05, 0.1) is 18.2 Å². The Labute approximate surface area is 123 Å². The number of benzene rings is 2. The first-order valence-electron chi connectivity index (χ1n) is 6.59. The van der Waals surface area contributed by atoms with Crippen LogP contribution in [-0.2, 0) is 4.79 Å². The maximum absolute atomic E-state index is 10.9. The summed E-state index contributed by atoms with van der Waals surface area (Å²) in [6, 6.07) is 16.9. The molecule has 21 heavy (non-hydrogen) atoms. The summed E-state index contributed by atoms with van der Waals surface area (Å²) in [5.41, 5.74) is 2.68.